The molecular formula is C21H25Cl2FN4O. The fraction of sp³-hybridized carbons (Fsp3) is 0.524. The number of aryl methyl sites for hydroxylation is 1. The van der Waals surface area contributed by atoms with Crippen LogP contribution in [-0.2, 0) is 6.61 Å². The smallest absolute Gasteiger partial charge is 0.153 e. The van der Waals surface area contributed by atoms with Crippen molar-refractivity contribution in [2.45, 2.75) is 51.7 Å². The van der Waals surface area contributed by atoms with E-state index >= 15 is 0 Å². The number of anilines is 1. The van der Waals surface area contributed by atoms with E-state index in [1.165, 1.54) is 25.0 Å². The summed E-state index contributed by atoms with van der Waals surface area (Å²) in [6, 6.07) is 3.34. The number of nitrogens with zero attached hydrogens (tertiary/aromatic N) is 3. The van der Waals surface area contributed by atoms with E-state index in [0.717, 1.165) is 32.4 Å². The minimum absolute atomic E-state index is 0.143. The van der Waals surface area contributed by atoms with Crippen LogP contribution in [0.5, 0.6) is 0 Å². The number of aliphatic hydroxyl groups is 1. The summed E-state index contributed by atoms with van der Waals surface area (Å²) in [4.78, 5) is 11.4. The Morgan fingerprint density at radius 1 is 1.24 bits per heavy atom. The fourth-order valence-corrected chi connectivity index (χ4v) is 5.13. The standard InChI is InChI=1S/C21H25Cl2FN4O/c1-12-19(13-4-5-14(22)17(23)18(13)24)27-15(11-29)20(26-12)28-9-7-21(8-10-28)6-2-3-16(21)25/h4-5,16,29H,2-3,6-11,25H2,1H3/t16-/m1/s1. The van der Waals surface area contributed by atoms with Crippen molar-refractivity contribution in [3.63, 3.8) is 0 Å². The summed E-state index contributed by atoms with van der Waals surface area (Å²) < 4.78 is 14.7. The summed E-state index contributed by atoms with van der Waals surface area (Å²) >= 11 is 11.9. The van der Waals surface area contributed by atoms with E-state index in [0.29, 0.717) is 22.9 Å². The van der Waals surface area contributed by atoms with Crippen molar-refractivity contribution in [3.05, 3.63) is 39.4 Å². The highest BCUT2D eigenvalue weighted by molar-refractivity contribution is 6.42. The van der Waals surface area contributed by atoms with Crippen LogP contribution < -0.4 is 10.6 Å². The van der Waals surface area contributed by atoms with Gasteiger partial charge in [0.2, 0.25) is 0 Å². The maximum absolute atomic E-state index is 14.7. The Morgan fingerprint density at radius 3 is 2.59 bits per heavy atom. The molecule has 1 saturated heterocycles. The second-order valence-corrected chi connectivity index (χ2v) is 8.94. The van der Waals surface area contributed by atoms with Gasteiger partial charge in [0.05, 0.1) is 28.0 Å². The molecule has 2 fully saturated rings. The molecule has 0 radical (unpaired) electrons. The van der Waals surface area contributed by atoms with Crippen LogP contribution >= 0.6 is 23.2 Å². The third-order valence-electron chi connectivity index (χ3n) is 6.60. The second-order valence-electron chi connectivity index (χ2n) is 8.16. The molecule has 2 aromatic rings. The average Bonchev–Trinajstić information content (AvgIpc) is 3.07. The number of piperidine rings is 1. The summed E-state index contributed by atoms with van der Waals surface area (Å²) in [6.07, 6.45) is 5.53. The lowest BCUT2D eigenvalue weighted by Crippen LogP contribution is -2.47. The van der Waals surface area contributed by atoms with Crippen LogP contribution in [-0.4, -0.2) is 34.2 Å². The third-order valence-corrected chi connectivity index (χ3v) is 7.38. The molecule has 2 heterocycles. The van der Waals surface area contributed by atoms with Crippen LogP contribution in [0.15, 0.2) is 12.1 Å². The van der Waals surface area contributed by atoms with E-state index < -0.39 is 5.82 Å². The molecule has 4 rings (SSSR count). The molecule has 3 N–H and O–H groups in total. The molecule has 8 heteroatoms. The maximum Gasteiger partial charge on any atom is 0.153 e. The first-order valence-corrected chi connectivity index (χ1v) is 10.7. The molecule has 156 valence electrons. The molecule has 1 atom stereocenters. The lowest BCUT2D eigenvalue weighted by molar-refractivity contribution is 0.196. The minimum Gasteiger partial charge on any atom is -0.390 e. The predicted octanol–water partition coefficient (Wildman–Crippen LogP) is 4.49. The maximum atomic E-state index is 14.7. The first-order valence-electron chi connectivity index (χ1n) is 9.99. The first kappa shape index (κ1) is 20.8. The van der Waals surface area contributed by atoms with Gasteiger partial charge in [-0.1, -0.05) is 29.6 Å². The summed E-state index contributed by atoms with van der Waals surface area (Å²) in [5, 5.41) is 9.94. The molecule has 0 amide bonds. The summed E-state index contributed by atoms with van der Waals surface area (Å²) in [7, 11) is 0. The van der Waals surface area contributed by atoms with Gasteiger partial charge >= 0.3 is 0 Å². The Kier molecular flexibility index (Phi) is 5.73. The molecule has 1 aromatic carbocycles. The Hall–Kier alpha value is -1.47. The first-order chi connectivity index (χ1) is 13.9. The van der Waals surface area contributed by atoms with Crippen molar-refractivity contribution in [1.82, 2.24) is 9.97 Å². The minimum atomic E-state index is -0.636. The zero-order chi connectivity index (χ0) is 20.8. The zero-order valence-electron chi connectivity index (χ0n) is 16.4. The van der Waals surface area contributed by atoms with Gasteiger partial charge < -0.3 is 15.7 Å². The van der Waals surface area contributed by atoms with E-state index in [1.54, 1.807) is 6.92 Å². The monoisotopic (exact) mass is 438 g/mol. The second kappa shape index (κ2) is 7.99. The van der Waals surface area contributed by atoms with Crippen LogP contribution in [0.4, 0.5) is 10.2 Å². The highest BCUT2D eigenvalue weighted by atomic mass is 35.5. The Balaban J connectivity index is 1.65. The highest BCUT2D eigenvalue weighted by Crippen LogP contribution is 2.46. The Bertz CT molecular complexity index is 931. The van der Waals surface area contributed by atoms with E-state index in [-0.39, 0.29) is 33.7 Å². The Labute approximate surface area is 180 Å². The largest absolute Gasteiger partial charge is 0.390 e. The Morgan fingerprint density at radius 2 is 1.97 bits per heavy atom. The molecule has 1 spiro atoms. The quantitative estimate of drug-likeness (QED) is 0.690. The van der Waals surface area contributed by atoms with Gasteiger partial charge in [-0.25, -0.2) is 14.4 Å². The van der Waals surface area contributed by atoms with Crippen molar-refractivity contribution < 1.29 is 9.50 Å². The highest BCUT2D eigenvalue weighted by Gasteiger charge is 2.43. The summed E-state index contributed by atoms with van der Waals surface area (Å²) in [6.45, 7) is 3.16. The third kappa shape index (κ3) is 3.61. The average molecular weight is 439 g/mol. The topological polar surface area (TPSA) is 75.3 Å². The lowest BCUT2D eigenvalue weighted by atomic mass is 9.74. The van der Waals surface area contributed by atoms with E-state index in [4.69, 9.17) is 33.9 Å². The van der Waals surface area contributed by atoms with Gasteiger partial charge in [0.15, 0.2) is 11.6 Å². The predicted molar refractivity (Wildman–Crippen MR) is 114 cm³/mol. The van der Waals surface area contributed by atoms with Crippen molar-refractivity contribution in [2.75, 3.05) is 18.0 Å². The molecule has 1 aromatic heterocycles. The number of aliphatic hydroxyl groups excluding tert-OH is 1. The molecule has 1 aliphatic carbocycles. The van der Waals surface area contributed by atoms with Crippen LogP contribution in [0.2, 0.25) is 10.0 Å². The van der Waals surface area contributed by atoms with Crippen LogP contribution in [0.25, 0.3) is 11.3 Å². The SMILES string of the molecule is Cc1nc(N2CCC3(CCC[C@H]3N)CC2)c(CO)nc1-c1ccc(Cl)c(Cl)c1F. The number of benzene rings is 1. The molecule has 0 unspecified atom stereocenters. The van der Waals surface area contributed by atoms with Gasteiger partial charge in [-0.2, -0.15) is 0 Å². The number of hydrogen-bond donors (Lipinski definition) is 2. The molecule has 1 saturated carbocycles. The van der Waals surface area contributed by atoms with Gasteiger partial charge in [0.1, 0.15) is 5.69 Å². The molecule has 2 aliphatic rings. The van der Waals surface area contributed by atoms with Gasteiger partial charge in [-0.05, 0) is 50.2 Å². The van der Waals surface area contributed by atoms with Crippen molar-refractivity contribution in [1.29, 1.82) is 0 Å². The zero-order valence-corrected chi connectivity index (χ0v) is 17.9. The summed E-state index contributed by atoms with van der Waals surface area (Å²) in [5.41, 5.74) is 8.22. The van der Waals surface area contributed by atoms with Crippen molar-refractivity contribution in [3.8, 4) is 11.3 Å². The van der Waals surface area contributed by atoms with Crippen LogP contribution in [0, 0.1) is 18.2 Å². The van der Waals surface area contributed by atoms with Crippen molar-refractivity contribution >= 4 is 29.0 Å². The number of hydrogen-bond acceptors (Lipinski definition) is 5. The normalized spacial score (nSPS) is 21.2. The van der Waals surface area contributed by atoms with Crippen molar-refractivity contribution in [2.24, 2.45) is 11.1 Å². The van der Waals surface area contributed by atoms with E-state index in [9.17, 15) is 9.50 Å². The van der Waals surface area contributed by atoms with Gasteiger partial charge in [-0.3, -0.25) is 0 Å². The van der Waals surface area contributed by atoms with Gasteiger partial charge in [0.25, 0.3) is 0 Å². The number of halogens is 3. The summed E-state index contributed by atoms with van der Waals surface area (Å²) in [5.74, 6) is 0.0268. The molecule has 0 bridgehead atoms. The van der Waals surface area contributed by atoms with Gasteiger partial charge in [0, 0.05) is 24.7 Å². The number of rotatable bonds is 3. The molecule has 5 nitrogen and oxygen atoms in total. The van der Waals surface area contributed by atoms with E-state index in [1.807, 2.05) is 0 Å². The molecule has 29 heavy (non-hydrogen) atoms. The van der Waals surface area contributed by atoms with Gasteiger partial charge in [-0.15, -0.1) is 0 Å². The van der Waals surface area contributed by atoms with E-state index in [2.05, 4.69) is 9.88 Å². The van der Waals surface area contributed by atoms with Crippen LogP contribution in [0.1, 0.15) is 43.5 Å². The lowest BCUT2D eigenvalue weighted by Gasteiger charge is -2.42. The number of aromatic nitrogens is 2. The fourth-order valence-electron chi connectivity index (χ4n) is 4.82. The molecule has 1 aliphatic heterocycles. The van der Waals surface area contributed by atoms with Crippen LogP contribution in [0.3, 0.4) is 0 Å². The number of nitrogens with two attached hydrogens (primary N) is 1. The molecular weight excluding hydrogens is 414 g/mol.